The van der Waals surface area contributed by atoms with Crippen LogP contribution in [0.2, 0.25) is 0 Å². The van der Waals surface area contributed by atoms with Crippen LogP contribution in [-0.4, -0.2) is 74.0 Å². The molecule has 2 rings (SSSR count). The van der Waals surface area contributed by atoms with Gasteiger partial charge in [0.25, 0.3) is 0 Å². The van der Waals surface area contributed by atoms with Gasteiger partial charge in [0, 0.05) is 11.1 Å². The number of unbranched alkanes of at least 4 members (excludes halogenated alkanes) is 18. The van der Waals surface area contributed by atoms with Crippen LogP contribution in [0.3, 0.4) is 0 Å². The first-order chi connectivity index (χ1) is 21.5. The van der Waals surface area contributed by atoms with E-state index in [0.717, 1.165) is 25.7 Å². The minimum Gasteiger partial charge on any atom is -0.545 e. The summed E-state index contributed by atoms with van der Waals surface area (Å²) in [7, 11) is 0. The number of carbonyl (C=O) groups excluding carboxylic acids is 2. The largest absolute Gasteiger partial charge is 2.00 e. The van der Waals surface area contributed by atoms with Crippen molar-refractivity contribution in [3.63, 3.8) is 0 Å². The molecule has 0 aliphatic heterocycles. The quantitative estimate of drug-likeness (QED) is 0.0710. The van der Waals surface area contributed by atoms with Gasteiger partial charge in [0.2, 0.25) is 0 Å². The Kier molecular flexibility index (Phi) is 30.2. The van der Waals surface area contributed by atoms with Gasteiger partial charge in [0.15, 0.2) is 0 Å². The number of rotatable bonds is 26. The number of hydrogen-bond donors (Lipinski definition) is 0. The third-order valence-corrected chi connectivity index (χ3v) is 7.72. The van der Waals surface area contributed by atoms with Crippen LogP contribution in [0.1, 0.15) is 163 Å². The van der Waals surface area contributed by atoms with Gasteiger partial charge in [0.1, 0.15) is 11.5 Å². The summed E-state index contributed by atoms with van der Waals surface area (Å²) in [5.41, 5.74) is 0.268. The first-order valence-corrected chi connectivity index (χ1v) is 17.4. The molecule has 0 N–H and O–H groups in total. The molecule has 248 valence electrons. The molecule has 6 nitrogen and oxygen atoms in total. The second-order valence-electron chi connectivity index (χ2n) is 11.6. The summed E-state index contributed by atoms with van der Waals surface area (Å²) in [4.78, 5) is 21.9. The number of para-hydroxylation sites is 2. The summed E-state index contributed by atoms with van der Waals surface area (Å²) in [5, 5.41) is 21.9. The molecule has 0 saturated carbocycles. The van der Waals surface area contributed by atoms with Gasteiger partial charge in [-0.15, -0.1) is 0 Å². The Labute approximate surface area is 314 Å². The Bertz CT molecular complexity index is 916. The molecule has 0 unspecified atom stereocenters. The van der Waals surface area contributed by atoms with Crippen molar-refractivity contribution in [2.45, 2.75) is 142 Å². The van der Waals surface area contributed by atoms with Gasteiger partial charge in [-0.2, -0.15) is 0 Å². The molecule has 2 aromatic carbocycles. The molecule has 0 fully saturated rings. The molecule has 2 aromatic rings. The number of carboxylic acids is 2. The van der Waals surface area contributed by atoms with Crippen molar-refractivity contribution in [2.24, 2.45) is 0 Å². The van der Waals surface area contributed by atoms with Crippen molar-refractivity contribution in [3.8, 4) is 11.5 Å². The maximum absolute atomic E-state index is 10.9. The minimum absolute atomic E-state index is 0. The van der Waals surface area contributed by atoms with Crippen LogP contribution >= 0.6 is 0 Å². The molecule has 0 aliphatic rings. The van der Waals surface area contributed by atoms with Gasteiger partial charge in [-0.25, -0.2) is 0 Å². The summed E-state index contributed by atoms with van der Waals surface area (Å²) in [5.74, 6) is -1.53. The second-order valence-corrected chi connectivity index (χ2v) is 11.6. The fourth-order valence-electron chi connectivity index (χ4n) is 5.07. The monoisotopic (exact) mass is 748 g/mol. The van der Waals surface area contributed by atoms with E-state index in [9.17, 15) is 19.8 Å². The van der Waals surface area contributed by atoms with E-state index in [0.29, 0.717) is 24.7 Å². The first kappa shape index (κ1) is 43.6. The maximum Gasteiger partial charge on any atom is 2.00 e. The SMILES string of the molecule is CCCCCCCCCCCCOc1ccccc1C(=O)[O-].CCCCCCCCCCCCOc1ccccc1C(=O)[O-].[Ba+2]. The number of carboxylic acid groups (broad SMARTS) is 2. The Hall–Kier alpha value is -1.45. The third kappa shape index (κ3) is 23.5. The van der Waals surface area contributed by atoms with Crippen molar-refractivity contribution in [3.05, 3.63) is 59.7 Å². The van der Waals surface area contributed by atoms with Crippen molar-refractivity contribution in [2.75, 3.05) is 13.2 Å². The van der Waals surface area contributed by atoms with Crippen molar-refractivity contribution < 1.29 is 29.3 Å². The van der Waals surface area contributed by atoms with Crippen LogP contribution in [-0.2, 0) is 0 Å². The molecule has 0 radical (unpaired) electrons. The zero-order valence-corrected chi connectivity index (χ0v) is 32.8. The van der Waals surface area contributed by atoms with Crippen LogP contribution in [0.25, 0.3) is 0 Å². The molecular formula is C38H58BaO6. The molecular weight excluding hydrogens is 690 g/mol. The van der Waals surface area contributed by atoms with Gasteiger partial charge < -0.3 is 29.3 Å². The fraction of sp³-hybridized carbons (Fsp3) is 0.632. The van der Waals surface area contributed by atoms with Gasteiger partial charge >= 0.3 is 48.9 Å². The fourth-order valence-corrected chi connectivity index (χ4v) is 5.07. The average molecular weight is 748 g/mol. The van der Waals surface area contributed by atoms with E-state index in [-0.39, 0.29) is 60.0 Å². The summed E-state index contributed by atoms with van der Waals surface area (Å²) < 4.78 is 11.1. The number of aromatic carboxylic acids is 2. The van der Waals surface area contributed by atoms with Gasteiger partial charge in [-0.3, -0.25) is 0 Å². The predicted octanol–water partition coefficient (Wildman–Crippen LogP) is 8.32. The molecule has 0 spiro atoms. The van der Waals surface area contributed by atoms with Crippen LogP contribution in [0.15, 0.2) is 48.5 Å². The summed E-state index contributed by atoms with van der Waals surface area (Å²) in [6, 6.07) is 13.3. The number of benzene rings is 2. The van der Waals surface area contributed by atoms with Crippen LogP contribution in [0.4, 0.5) is 0 Å². The Morgan fingerprint density at radius 1 is 0.467 bits per heavy atom. The number of ether oxygens (including phenoxy) is 2. The zero-order valence-electron chi connectivity index (χ0n) is 28.3. The summed E-state index contributed by atoms with van der Waals surface area (Å²) in [6.07, 6.45) is 25.5. The third-order valence-electron chi connectivity index (χ3n) is 7.72. The van der Waals surface area contributed by atoms with E-state index in [1.54, 1.807) is 36.4 Å². The molecule has 0 bridgehead atoms. The average Bonchev–Trinajstić information content (AvgIpc) is 3.03. The molecule has 0 aromatic heterocycles. The second kappa shape index (κ2) is 31.2. The standard InChI is InChI=1S/2C19H30O3.Ba/c2*1-2-3-4-5-6-7-8-9-10-13-16-22-18-15-12-11-14-17(18)19(20)21;/h2*11-12,14-15H,2-10,13,16H2,1H3,(H,20,21);/q;;+2/p-2. The smallest absolute Gasteiger partial charge is 0.545 e. The topological polar surface area (TPSA) is 98.7 Å². The van der Waals surface area contributed by atoms with E-state index in [2.05, 4.69) is 13.8 Å². The minimum atomic E-state index is -1.18. The Balaban J connectivity index is 0.000000842. The molecule has 0 heterocycles. The van der Waals surface area contributed by atoms with Gasteiger partial charge in [0.05, 0.1) is 25.2 Å². The van der Waals surface area contributed by atoms with Gasteiger partial charge in [-0.1, -0.05) is 154 Å². The molecule has 0 atom stereocenters. The normalized spacial score (nSPS) is 10.4. The molecule has 0 saturated heterocycles. The summed E-state index contributed by atoms with van der Waals surface area (Å²) >= 11 is 0. The van der Waals surface area contributed by atoms with Gasteiger partial charge in [-0.05, 0) is 37.1 Å². The maximum atomic E-state index is 10.9. The summed E-state index contributed by atoms with van der Waals surface area (Å²) in [6.45, 7) is 5.63. The van der Waals surface area contributed by atoms with E-state index in [1.807, 2.05) is 0 Å². The molecule has 7 heteroatoms. The molecule has 0 aliphatic carbocycles. The van der Waals surface area contributed by atoms with Crippen molar-refractivity contribution >= 4 is 60.8 Å². The van der Waals surface area contributed by atoms with Crippen LogP contribution < -0.4 is 19.7 Å². The van der Waals surface area contributed by atoms with E-state index in [4.69, 9.17) is 9.47 Å². The zero-order chi connectivity index (χ0) is 32.1. The Morgan fingerprint density at radius 3 is 1.02 bits per heavy atom. The first-order valence-electron chi connectivity index (χ1n) is 17.4. The van der Waals surface area contributed by atoms with E-state index < -0.39 is 11.9 Å². The van der Waals surface area contributed by atoms with Crippen molar-refractivity contribution in [1.29, 1.82) is 0 Å². The van der Waals surface area contributed by atoms with Crippen LogP contribution in [0.5, 0.6) is 11.5 Å². The molecule has 0 amide bonds. The van der Waals surface area contributed by atoms with Crippen LogP contribution in [0, 0.1) is 0 Å². The predicted molar refractivity (Wildman–Crippen MR) is 182 cm³/mol. The van der Waals surface area contributed by atoms with Crippen molar-refractivity contribution in [1.82, 2.24) is 0 Å². The van der Waals surface area contributed by atoms with E-state index >= 15 is 0 Å². The number of hydrogen-bond acceptors (Lipinski definition) is 6. The Morgan fingerprint density at radius 2 is 0.733 bits per heavy atom. The number of carbonyl (C=O) groups is 2. The van der Waals surface area contributed by atoms with E-state index in [1.165, 1.54) is 115 Å². The molecule has 45 heavy (non-hydrogen) atoms.